The Labute approximate surface area is 153 Å². The fraction of sp³-hybridized carbons (Fsp3) is 0.300. The third kappa shape index (κ3) is 3.79. The van der Waals surface area contributed by atoms with Crippen LogP contribution in [0.4, 0.5) is 5.69 Å². The third-order valence-electron chi connectivity index (χ3n) is 4.70. The molecule has 136 valence electrons. The molecule has 2 aromatic carbocycles. The van der Waals surface area contributed by atoms with E-state index in [0.29, 0.717) is 24.7 Å². The van der Waals surface area contributed by atoms with Crippen molar-refractivity contribution in [1.82, 2.24) is 4.90 Å². The second-order valence-electron chi connectivity index (χ2n) is 6.38. The first-order valence-electron chi connectivity index (χ1n) is 8.60. The molecule has 2 atom stereocenters. The van der Waals surface area contributed by atoms with E-state index in [-0.39, 0.29) is 17.9 Å². The van der Waals surface area contributed by atoms with Gasteiger partial charge in [-0.15, -0.1) is 0 Å². The number of nitrogens with two attached hydrogens (primary N) is 1. The minimum atomic E-state index is 0.0199. The van der Waals surface area contributed by atoms with Crippen LogP contribution in [0.3, 0.4) is 0 Å². The van der Waals surface area contributed by atoms with Crippen molar-refractivity contribution in [1.29, 1.82) is 0 Å². The first-order valence-corrected chi connectivity index (χ1v) is 8.60. The Morgan fingerprint density at radius 3 is 2.65 bits per heavy atom. The molecule has 3 rings (SSSR count). The van der Waals surface area contributed by atoms with Crippen LogP contribution in [0.1, 0.15) is 18.0 Å². The Morgan fingerprint density at radius 1 is 1.23 bits per heavy atom. The van der Waals surface area contributed by atoms with E-state index in [0.717, 1.165) is 11.3 Å². The molecule has 6 heteroatoms. The first-order chi connectivity index (χ1) is 12.6. The maximum absolute atomic E-state index is 12.2. The van der Waals surface area contributed by atoms with Gasteiger partial charge in [-0.05, 0) is 17.7 Å². The van der Waals surface area contributed by atoms with Gasteiger partial charge in [-0.2, -0.15) is 0 Å². The zero-order chi connectivity index (χ0) is 18.5. The average molecular weight is 352 g/mol. The van der Waals surface area contributed by atoms with Gasteiger partial charge in [0.05, 0.1) is 18.8 Å². The second-order valence-corrected chi connectivity index (χ2v) is 6.38. The van der Waals surface area contributed by atoms with Crippen LogP contribution in [0.15, 0.2) is 59.6 Å². The Balaban J connectivity index is 1.72. The van der Waals surface area contributed by atoms with Crippen LogP contribution in [0.5, 0.6) is 5.75 Å². The van der Waals surface area contributed by atoms with E-state index in [1.165, 1.54) is 0 Å². The number of hydrogen-bond acceptors (Lipinski definition) is 3. The number of methoxy groups -OCH3 is 1. The van der Waals surface area contributed by atoms with Crippen LogP contribution in [-0.4, -0.2) is 37.5 Å². The number of para-hydroxylation sites is 2. The molecule has 3 N–H and O–H groups in total. The number of carbonyl (C=O) groups is 1. The molecule has 2 unspecified atom stereocenters. The van der Waals surface area contributed by atoms with Gasteiger partial charge in [-0.25, -0.2) is 0 Å². The molecule has 1 saturated heterocycles. The van der Waals surface area contributed by atoms with Crippen LogP contribution < -0.4 is 15.8 Å². The standard InChI is InChI=1S/C20H24N4O2/c1-24-18(25)12-15(19(24)14-8-4-3-5-9-14)13-22-20(21)23-16-10-6-7-11-17(16)26-2/h3-11,15,19H,12-13H2,1-2H3,(H3,21,22,23). The van der Waals surface area contributed by atoms with E-state index >= 15 is 0 Å². The summed E-state index contributed by atoms with van der Waals surface area (Å²) in [6.45, 7) is 0.476. The van der Waals surface area contributed by atoms with Crippen LogP contribution in [0.25, 0.3) is 0 Å². The molecule has 0 bridgehead atoms. The predicted molar refractivity (Wildman–Crippen MR) is 103 cm³/mol. The zero-order valence-corrected chi connectivity index (χ0v) is 15.1. The first kappa shape index (κ1) is 17.8. The van der Waals surface area contributed by atoms with Gasteiger partial charge in [0.1, 0.15) is 5.75 Å². The lowest BCUT2D eigenvalue weighted by molar-refractivity contribution is -0.127. The quantitative estimate of drug-likeness (QED) is 0.640. The lowest BCUT2D eigenvalue weighted by Crippen LogP contribution is -2.27. The number of benzene rings is 2. The smallest absolute Gasteiger partial charge is 0.223 e. The van der Waals surface area contributed by atoms with Crippen LogP contribution >= 0.6 is 0 Å². The minimum Gasteiger partial charge on any atom is -0.495 e. The Kier molecular flexibility index (Phi) is 5.41. The number of amides is 1. The van der Waals surface area contributed by atoms with Crippen LogP contribution in [0.2, 0.25) is 0 Å². The molecule has 0 aliphatic carbocycles. The Bertz CT molecular complexity index is 791. The molecule has 6 nitrogen and oxygen atoms in total. The summed E-state index contributed by atoms with van der Waals surface area (Å²) in [7, 11) is 3.46. The summed E-state index contributed by atoms with van der Waals surface area (Å²) in [6, 6.07) is 17.6. The van der Waals surface area contributed by atoms with Gasteiger partial charge in [0.15, 0.2) is 5.96 Å². The summed E-state index contributed by atoms with van der Waals surface area (Å²) in [5, 5.41) is 3.07. The Morgan fingerprint density at radius 2 is 1.92 bits per heavy atom. The summed E-state index contributed by atoms with van der Waals surface area (Å²) in [4.78, 5) is 18.5. The van der Waals surface area contributed by atoms with Gasteiger partial charge < -0.3 is 20.7 Å². The SMILES string of the molecule is COc1ccccc1NC(N)=NCC1CC(=O)N(C)C1c1ccccc1. The number of ether oxygens (including phenoxy) is 1. The van der Waals surface area contributed by atoms with Crippen molar-refractivity contribution in [3.05, 3.63) is 60.2 Å². The monoisotopic (exact) mass is 352 g/mol. The van der Waals surface area contributed by atoms with Crippen LogP contribution in [-0.2, 0) is 4.79 Å². The summed E-state index contributed by atoms with van der Waals surface area (Å²) in [5.74, 6) is 1.23. The molecule has 26 heavy (non-hydrogen) atoms. The lowest BCUT2D eigenvalue weighted by atomic mass is 9.94. The van der Waals surface area contributed by atoms with Crippen molar-refractivity contribution in [3.63, 3.8) is 0 Å². The van der Waals surface area contributed by atoms with E-state index in [1.54, 1.807) is 12.0 Å². The summed E-state index contributed by atoms with van der Waals surface area (Å²) >= 11 is 0. The number of aliphatic imine (C=N–C) groups is 1. The summed E-state index contributed by atoms with van der Waals surface area (Å²) in [6.07, 6.45) is 0.474. The Hall–Kier alpha value is -3.02. The molecular formula is C20H24N4O2. The number of guanidine groups is 1. The van der Waals surface area contributed by atoms with E-state index < -0.39 is 0 Å². The molecule has 1 amide bonds. The van der Waals surface area contributed by atoms with Gasteiger partial charge in [-0.3, -0.25) is 9.79 Å². The number of likely N-dealkylation sites (tertiary alicyclic amines) is 1. The molecule has 0 saturated carbocycles. The number of nitrogens with zero attached hydrogens (tertiary/aromatic N) is 2. The summed E-state index contributed by atoms with van der Waals surface area (Å²) in [5.41, 5.74) is 7.93. The van der Waals surface area contributed by atoms with Gasteiger partial charge in [0.25, 0.3) is 0 Å². The maximum atomic E-state index is 12.2. The van der Waals surface area contributed by atoms with Crippen molar-refractivity contribution in [2.24, 2.45) is 16.6 Å². The van der Waals surface area contributed by atoms with E-state index in [1.807, 2.05) is 61.6 Å². The highest BCUT2D eigenvalue weighted by molar-refractivity contribution is 5.93. The molecule has 1 aliphatic heterocycles. The molecule has 0 spiro atoms. The topological polar surface area (TPSA) is 80.0 Å². The lowest BCUT2D eigenvalue weighted by Gasteiger charge is -2.24. The van der Waals surface area contributed by atoms with Crippen molar-refractivity contribution in [3.8, 4) is 5.75 Å². The van der Waals surface area contributed by atoms with E-state index in [4.69, 9.17) is 10.5 Å². The van der Waals surface area contributed by atoms with Crippen molar-refractivity contribution in [2.45, 2.75) is 12.5 Å². The number of rotatable bonds is 5. The average Bonchev–Trinajstić information content (AvgIpc) is 2.95. The molecule has 1 fully saturated rings. The van der Waals surface area contributed by atoms with Crippen molar-refractivity contribution in [2.75, 3.05) is 26.0 Å². The van der Waals surface area contributed by atoms with Crippen molar-refractivity contribution < 1.29 is 9.53 Å². The van der Waals surface area contributed by atoms with E-state index in [9.17, 15) is 4.79 Å². The highest BCUT2D eigenvalue weighted by atomic mass is 16.5. The number of carbonyl (C=O) groups excluding carboxylic acids is 1. The van der Waals surface area contributed by atoms with Gasteiger partial charge >= 0.3 is 0 Å². The fourth-order valence-electron chi connectivity index (χ4n) is 3.40. The molecule has 1 aliphatic rings. The summed E-state index contributed by atoms with van der Waals surface area (Å²) < 4.78 is 5.30. The highest BCUT2D eigenvalue weighted by Crippen LogP contribution is 2.37. The highest BCUT2D eigenvalue weighted by Gasteiger charge is 2.38. The maximum Gasteiger partial charge on any atom is 0.223 e. The van der Waals surface area contributed by atoms with Crippen molar-refractivity contribution >= 4 is 17.6 Å². The molecule has 0 aromatic heterocycles. The molecule has 1 heterocycles. The number of nitrogens with one attached hydrogen (secondary N) is 1. The molecule has 0 radical (unpaired) electrons. The van der Waals surface area contributed by atoms with Gasteiger partial charge in [0.2, 0.25) is 5.91 Å². The second kappa shape index (κ2) is 7.91. The van der Waals surface area contributed by atoms with Crippen LogP contribution in [0, 0.1) is 5.92 Å². The van der Waals surface area contributed by atoms with E-state index in [2.05, 4.69) is 10.3 Å². The zero-order valence-electron chi connectivity index (χ0n) is 15.1. The van der Waals surface area contributed by atoms with Gasteiger partial charge in [0, 0.05) is 25.9 Å². The largest absolute Gasteiger partial charge is 0.495 e. The fourth-order valence-corrected chi connectivity index (χ4v) is 3.40. The minimum absolute atomic E-state index is 0.0199. The molecule has 2 aromatic rings. The third-order valence-corrected chi connectivity index (χ3v) is 4.70. The normalized spacial score (nSPS) is 20.3. The number of anilines is 1. The predicted octanol–water partition coefficient (Wildman–Crippen LogP) is 2.64. The molecular weight excluding hydrogens is 328 g/mol. The van der Waals surface area contributed by atoms with Gasteiger partial charge in [-0.1, -0.05) is 42.5 Å². The number of hydrogen-bond donors (Lipinski definition) is 2.